The summed E-state index contributed by atoms with van der Waals surface area (Å²) < 4.78 is 6.10. The van der Waals surface area contributed by atoms with E-state index in [2.05, 4.69) is 24.1 Å². The van der Waals surface area contributed by atoms with Crippen LogP contribution in [0.3, 0.4) is 0 Å². The summed E-state index contributed by atoms with van der Waals surface area (Å²) in [4.78, 5) is 63.4. The summed E-state index contributed by atoms with van der Waals surface area (Å²) in [6.45, 7) is 6.92. The van der Waals surface area contributed by atoms with Crippen LogP contribution in [0.5, 0.6) is 5.75 Å². The van der Waals surface area contributed by atoms with Gasteiger partial charge in [0.15, 0.2) is 5.01 Å². The number of rotatable bonds is 5. The van der Waals surface area contributed by atoms with Gasteiger partial charge in [-0.05, 0) is 55.0 Å². The first-order valence-corrected chi connectivity index (χ1v) is 15.3. The first-order valence-electron chi connectivity index (χ1n) is 14.5. The zero-order valence-electron chi connectivity index (χ0n) is 24.2. The summed E-state index contributed by atoms with van der Waals surface area (Å²) in [5.41, 5.74) is 2.50. The Hall–Kier alpha value is -3.99. The third-order valence-corrected chi connectivity index (χ3v) is 9.82. The van der Waals surface area contributed by atoms with E-state index in [4.69, 9.17) is 4.74 Å². The van der Waals surface area contributed by atoms with E-state index in [0.29, 0.717) is 48.8 Å². The number of hydrogen-bond donors (Lipinski definition) is 1. The van der Waals surface area contributed by atoms with Gasteiger partial charge in [-0.2, -0.15) is 0 Å². The highest BCUT2D eigenvalue weighted by molar-refractivity contribution is 7.20. The molecule has 3 aromatic rings. The SMILES string of the molecule is COc1ccc2sc(C(=O)N3C(=O)[C@@H](C)[C@@H]4[C@@H]3CCN4C(=O)[C@@H]3CCCN3C(=O)Nc3ccc(C(C)C)cc3)nc2c1. The number of nitrogens with zero attached hydrogens (tertiary/aromatic N) is 4. The number of carbonyl (C=O) groups is 4. The molecule has 3 fully saturated rings. The minimum absolute atomic E-state index is 0.161. The van der Waals surface area contributed by atoms with Crippen LogP contribution in [0.15, 0.2) is 42.5 Å². The molecule has 1 N–H and O–H groups in total. The summed E-state index contributed by atoms with van der Waals surface area (Å²) in [7, 11) is 1.57. The van der Waals surface area contributed by atoms with Crippen molar-refractivity contribution in [1.29, 1.82) is 0 Å². The third-order valence-electron chi connectivity index (χ3n) is 8.80. The number of aromatic nitrogens is 1. The lowest BCUT2D eigenvalue weighted by atomic mass is 10.0. The molecule has 0 radical (unpaired) electrons. The Kier molecular flexibility index (Phi) is 7.38. The molecule has 11 heteroatoms. The Morgan fingerprint density at radius 2 is 1.81 bits per heavy atom. The molecule has 2 aromatic carbocycles. The molecule has 3 saturated heterocycles. The number of likely N-dealkylation sites (tertiary alicyclic amines) is 3. The summed E-state index contributed by atoms with van der Waals surface area (Å²) in [5.74, 6) is -0.397. The second kappa shape index (κ2) is 11.0. The monoisotopic (exact) mass is 589 g/mol. The number of benzene rings is 2. The Morgan fingerprint density at radius 1 is 1.05 bits per heavy atom. The van der Waals surface area contributed by atoms with E-state index in [-0.39, 0.29) is 22.9 Å². The highest BCUT2D eigenvalue weighted by Gasteiger charge is 2.56. The van der Waals surface area contributed by atoms with Crippen LogP contribution >= 0.6 is 11.3 Å². The fourth-order valence-corrected chi connectivity index (χ4v) is 7.44. The molecular formula is C31H35N5O5S. The van der Waals surface area contributed by atoms with E-state index in [0.717, 1.165) is 11.1 Å². The fraction of sp³-hybridized carbons (Fsp3) is 0.452. The highest BCUT2D eigenvalue weighted by atomic mass is 32.1. The molecule has 3 aliphatic heterocycles. The fourth-order valence-electron chi connectivity index (χ4n) is 6.55. The van der Waals surface area contributed by atoms with Crippen molar-refractivity contribution in [3.63, 3.8) is 0 Å². The van der Waals surface area contributed by atoms with Crippen LogP contribution < -0.4 is 10.1 Å². The maximum absolute atomic E-state index is 13.9. The smallest absolute Gasteiger partial charge is 0.322 e. The maximum Gasteiger partial charge on any atom is 0.322 e. The second-order valence-electron chi connectivity index (χ2n) is 11.6. The summed E-state index contributed by atoms with van der Waals surface area (Å²) in [5, 5.41) is 3.18. The number of hydrogen-bond acceptors (Lipinski definition) is 7. The van der Waals surface area contributed by atoms with Gasteiger partial charge in [0.1, 0.15) is 11.8 Å². The van der Waals surface area contributed by atoms with E-state index < -0.39 is 30.0 Å². The summed E-state index contributed by atoms with van der Waals surface area (Å²) in [6, 6.07) is 11.4. The van der Waals surface area contributed by atoms with Gasteiger partial charge in [-0.1, -0.05) is 32.9 Å². The van der Waals surface area contributed by atoms with Crippen molar-refractivity contribution >= 4 is 51.0 Å². The standard InChI is InChI=1S/C31H35N5O5S/c1-17(2)19-7-9-20(10-8-19)32-31(40)34-14-5-6-24(34)29(38)35-15-13-23-26(35)18(3)28(37)36(23)30(39)27-33-22-16-21(41-4)11-12-25(22)42-27/h7-12,16-18,23-24,26H,5-6,13-15H2,1-4H3,(H,32,40)/t18-,23-,24-,26+/m0/s1. The van der Waals surface area contributed by atoms with E-state index in [1.165, 1.54) is 21.8 Å². The van der Waals surface area contributed by atoms with Gasteiger partial charge in [-0.25, -0.2) is 9.78 Å². The predicted octanol–water partition coefficient (Wildman–Crippen LogP) is 4.71. The van der Waals surface area contributed by atoms with Crippen molar-refractivity contribution in [2.45, 2.75) is 64.1 Å². The van der Waals surface area contributed by atoms with Crippen molar-refractivity contribution in [2.75, 3.05) is 25.5 Å². The molecular weight excluding hydrogens is 554 g/mol. The van der Waals surface area contributed by atoms with Crippen LogP contribution in [0.2, 0.25) is 0 Å². The van der Waals surface area contributed by atoms with Crippen molar-refractivity contribution in [2.24, 2.45) is 5.92 Å². The quantitative estimate of drug-likeness (QED) is 0.432. The van der Waals surface area contributed by atoms with Gasteiger partial charge in [0.05, 0.1) is 35.3 Å². The topological polar surface area (TPSA) is 112 Å². The van der Waals surface area contributed by atoms with E-state index in [9.17, 15) is 19.2 Å². The first-order chi connectivity index (χ1) is 20.2. The van der Waals surface area contributed by atoms with E-state index in [1.54, 1.807) is 29.9 Å². The molecule has 0 saturated carbocycles. The van der Waals surface area contributed by atoms with Crippen LogP contribution in [0.25, 0.3) is 10.2 Å². The Morgan fingerprint density at radius 3 is 2.52 bits per heavy atom. The average molecular weight is 590 g/mol. The van der Waals surface area contributed by atoms with Crippen LogP contribution in [0.4, 0.5) is 10.5 Å². The van der Waals surface area contributed by atoms with Crippen LogP contribution in [-0.2, 0) is 9.59 Å². The lowest BCUT2D eigenvalue weighted by molar-refractivity contribution is -0.137. The number of urea groups is 1. The van der Waals surface area contributed by atoms with Crippen molar-refractivity contribution < 1.29 is 23.9 Å². The number of carbonyl (C=O) groups excluding carboxylic acids is 4. The lowest BCUT2D eigenvalue weighted by Gasteiger charge is -2.32. The Balaban J connectivity index is 1.17. The van der Waals surface area contributed by atoms with Crippen molar-refractivity contribution in [3.05, 3.63) is 53.0 Å². The number of nitrogens with one attached hydrogen (secondary N) is 1. The molecule has 0 spiro atoms. The minimum Gasteiger partial charge on any atom is -0.497 e. The first kappa shape index (κ1) is 28.1. The minimum atomic E-state index is -0.606. The van der Waals surface area contributed by atoms with Crippen LogP contribution in [0.1, 0.15) is 61.3 Å². The number of methoxy groups -OCH3 is 1. The van der Waals surface area contributed by atoms with Crippen molar-refractivity contribution in [3.8, 4) is 5.75 Å². The number of amides is 5. The molecule has 6 rings (SSSR count). The molecule has 0 aliphatic carbocycles. The molecule has 4 heterocycles. The maximum atomic E-state index is 13.9. The normalized spacial score (nSPS) is 23.6. The second-order valence-corrected chi connectivity index (χ2v) is 12.6. The van der Waals surface area contributed by atoms with Crippen LogP contribution in [0, 0.1) is 5.92 Å². The van der Waals surface area contributed by atoms with Gasteiger partial charge in [-0.3, -0.25) is 19.3 Å². The largest absolute Gasteiger partial charge is 0.497 e. The molecule has 5 amide bonds. The van der Waals surface area contributed by atoms with Gasteiger partial charge < -0.3 is 19.9 Å². The number of thiazole rings is 1. The zero-order valence-corrected chi connectivity index (χ0v) is 25.0. The number of ether oxygens (including phenoxy) is 1. The van der Waals surface area contributed by atoms with Gasteiger partial charge in [0.25, 0.3) is 5.91 Å². The molecule has 0 bridgehead atoms. The van der Waals surface area contributed by atoms with Gasteiger partial charge in [0.2, 0.25) is 11.8 Å². The van der Waals surface area contributed by atoms with Gasteiger partial charge in [-0.15, -0.1) is 11.3 Å². The predicted molar refractivity (Wildman–Crippen MR) is 160 cm³/mol. The lowest BCUT2D eigenvalue weighted by Crippen LogP contribution is -2.52. The number of imide groups is 1. The van der Waals surface area contributed by atoms with Crippen LogP contribution in [-0.4, -0.2) is 81.8 Å². The number of fused-ring (bicyclic) bond motifs is 2. The molecule has 1 aromatic heterocycles. The van der Waals surface area contributed by atoms with E-state index >= 15 is 0 Å². The molecule has 4 atom stereocenters. The molecule has 42 heavy (non-hydrogen) atoms. The summed E-state index contributed by atoms with van der Waals surface area (Å²) in [6.07, 6.45) is 1.78. The molecule has 220 valence electrons. The summed E-state index contributed by atoms with van der Waals surface area (Å²) >= 11 is 1.24. The van der Waals surface area contributed by atoms with Gasteiger partial charge in [0, 0.05) is 24.8 Å². The van der Waals surface area contributed by atoms with Crippen molar-refractivity contribution in [1.82, 2.24) is 19.7 Å². The Bertz CT molecular complexity index is 1550. The third kappa shape index (κ3) is 4.79. The molecule has 3 aliphatic rings. The number of anilines is 1. The molecule has 0 unspecified atom stereocenters. The average Bonchev–Trinajstić information content (AvgIpc) is 3.77. The van der Waals surface area contributed by atoms with Gasteiger partial charge >= 0.3 is 6.03 Å². The zero-order chi connectivity index (χ0) is 29.7. The Labute approximate surface area is 248 Å². The highest BCUT2D eigenvalue weighted by Crippen LogP contribution is 2.39. The molecule has 10 nitrogen and oxygen atoms in total. The van der Waals surface area contributed by atoms with E-state index in [1.807, 2.05) is 36.4 Å².